The molecule has 1 unspecified atom stereocenters. The summed E-state index contributed by atoms with van der Waals surface area (Å²) in [6, 6.07) is 23.8. The predicted octanol–water partition coefficient (Wildman–Crippen LogP) is 7.13. The maximum Gasteiger partial charge on any atom is 0.322 e. The summed E-state index contributed by atoms with van der Waals surface area (Å²) in [6.07, 6.45) is 1.96. The standard InChI is InChI=1S/C32H43N3O3/c1-6-34(7-2)20-12-14-26(4)35(32(36)33-29-17-11-13-25(3)21-29)23-28-18-19-30(31(22-28)37-5)38-24-27-15-9-8-10-16-27/h8-11,13,15-19,21-22,26H,6-7,12,14,20,23-24H2,1-5H3,(H,33,36). The van der Waals surface area contributed by atoms with Gasteiger partial charge in [0.25, 0.3) is 0 Å². The molecule has 0 fully saturated rings. The van der Waals surface area contributed by atoms with Crippen LogP contribution in [0.4, 0.5) is 10.5 Å². The zero-order valence-corrected chi connectivity index (χ0v) is 23.6. The second kappa shape index (κ2) is 15.0. The third-order valence-corrected chi connectivity index (χ3v) is 6.87. The number of ether oxygens (including phenoxy) is 2. The third kappa shape index (κ3) is 8.80. The summed E-state index contributed by atoms with van der Waals surface area (Å²) in [5.41, 5.74) is 4.00. The number of aryl methyl sites for hydroxylation is 1. The molecule has 6 nitrogen and oxygen atoms in total. The number of hydrogen-bond acceptors (Lipinski definition) is 4. The average molecular weight is 518 g/mol. The monoisotopic (exact) mass is 517 g/mol. The Kier molecular flexibility index (Phi) is 11.5. The average Bonchev–Trinajstić information content (AvgIpc) is 2.93. The maximum absolute atomic E-state index is 13.5. The molecule has 38 heavy (non-hydrogen) atoms. The molecule has 0 aliphatic heterocycles. The number of amides is 2. The molecule has 1 atom stereocenters. The fraction of sp³-hybridized carbons (Fsp3) is 0.406. The Morgan fingerprint density at radius 3 is 2.37 bits per heavy atom. The number of nitrogens with zero attached hydrogens (tertiary/aromatic N) is 2. The summed E-state index contributed by atoms with van der Waals surface area (Å²) in [5, 5.41) is 3.10. The quantitative estimate of drug-likeness (QED) is 0.247. The summed E-state index contributed by atoms with van der Waals surface area (Å²) in [4.78, 5) is 17.8. The van der Waals surface area contributed by atoms with Gasteiger partial charge in [-0.05, 0) is 87.3 Å². The van der Waals surface area contributed by atoms with Gasteiger partial charge in [-0.15, -0.1) is 0 Å². The fourth-order valence-corrected chi connectivity index (χ4v) is 4.51. The number of methoxy groups -OCH3 is 1. The molecule has 0 spiro atoms. The van der Waals surface area contributed by atoms with Crippen molar-refractivity contribution in [2.24, 2.45) is 0 Å². The van der Waals surface area contributed by atoms with E-state index in [0.29, 0.717) is 24.7 Å². The summed E-state index contributed by atoms with van der Waals surface area (Å²) >= 11 is 0. The van der Waals surface area contributed by atoms with Gasteiger partial charge in [-0.25, -0.2) is 4.79 Å². The first-order chi connectivity index (χ1) is 18.4. The number of anilines is 1. The van der Waals surface area contributed by atoms with E-state index in [-0.39, 0.29) is 12.1 Å². The smallest absolute Gasteiger partial charge is 0.322 e. The Hall–Kier alpha value is -3.51. The largest absolute Gasteiger partial charge is 0.493 e. The van der Waals surface area contributed by atoms with Crippen molar-refractivity contribution in [2.45, 2.75) is 59.7 Å². The minimum atomic E-state index is -0.102. The first kappa shape index (κ1) is 29.1. The van der Waals surface area contributed by atoms with E-state index in [1.807, 2.05) is 84.6 Å². The van der Waals surface area contributed by atoms with Gasteiger partial charge >= 0.3 is 6.03 Å². The van der Waals surface area contributed by atoms with Gasteiger partial charge in [-0.1, -0.05) is 62.4 Å². The molecule has 0 aliphatic carbocycles. The Labute approximate surface area is 228 Å². The lowest BCUT2D eigenvalue weighted by molar-refractivity contribution is 0.180. The third-order valence-electron chi connectivity index (χ3n) is 6.87. The van der Waals surface area contributed by atoms with Crippen molar-refractivity contribution < 1.29 is 14.3 Å². The molecule has 1 N–H and O–H groups in total. The van der Waals surface area contributed by atoms with E-state index in [0.717, 1.165) is 54.9 Å². The van der Waals surface area contributed by atoms with Gasteiger partial charge in [0, 0.05) is 18.3 Å². The molecule has 0 heterocycles. The lowest BCUT2D eigenvalue weighted by Gasteiger charge is -2.30. The van der Waals surface area contributed by atoms with Crippen LogP contribution in [0.5, 0.6) is 11.5 Å². The first-order valence-corrected chi connectivity index (χ1v) is 13.6. The van der Waals surface area contributed by atoms with Crippen LogP contribution < -0.4 is 14.8 Å². The Morgan fingerprint density at radius 2 is 1.68 bits per heavy atom. The zero-order valence-electron chi connectivity index (χ0n) is 23.6. The molecule has 0 aromatic heterocycles. The molecule has 0 radical (unpaired) electrons. The number of rotatable bonds is 14. The molecule has 3 rings (SSSR count). The van der Waals surface area contributed by atoms with Crippen LogP contribution in [-0.2, 0) is 13.2 Å². The number of nitrogens with one attached hydrogen (secondary N) is 1. The van der Waals surface area contributed by atoms with Crippen molar-refractivity contribution in [3.63, 3.8) is 0 Å². The number of carbonyl (C=O) groups is 1. The van der Waals surface area contributed by atoms with Gasteiger partial charge in [-0.2, -0.15) is 0 Å². The fourth-order valence-electron chi connectivity index (χ4n) is 4.51. The zero-order chi connectivity index (χ0) is 27.3. The van der Waals surface area contributed by atoms with Gasteiger partial charge in [0.2, 0.25) is 0 Å². The van der Waals surface area contributed by atoms with Gasteiger partial charge in [0.15, 0.2) is 11.5 Å². The minimum absolute atomic E-state index is 0.0652. The van der Waals surface area contributed by atoms with E-state index >= 15 is 0 Å². The SMILES string of the molecule is CCN(CC)CCCC(C)N(Cc1ccc(OCc2ccccc2)c(OC)c1)C(=O)Nc1cccc(C)c1. The van der Waals surface area contributed by atoms with Gasteiger partial charge < -0.3 is 24.6 Å². The second-order valence-corrected chi connectivity index (χ2v) is 9.71. The van der Waals surface area contributed by atoms with E-state index in [1.165, 1.54) is 0 Å². The molecule has 6 heteroatoms. The van der Waals surface area contributed by atoms with E-state index in [4.69, 9.17) is 9.47 Å². The number of urea groups is 1. The highest BCUT2D eigenvalue weighted by atomic mass is 16.5. The highest BCUT2D eigenvalue weighted by Gasteiger charge is 2.22. The Bertz CT molecular complexity index is 1130. The van der Waals surface area contributed by atoms with Gasteiger partial charge in [-0.3, -0.25) is 0 Å². The summed E-state index contributed by atoms with van der Waals surface area (Å²) in [5.74, 6) is 1.34. The normalized spacial score (nSPS) is 11.7. The first-order valence-electron chi connectivity index (χ1n) is 13.6. The molecule has 3 aromatic carbocycles. The van der Waals surface area contributed by atoms with Crippen molar-refractivity contribution in [1.82, 2.24) is 9.80 Å². The summed E-state index contributed by atoms with van der Waals surface area (Å²) in [6.45, 7) is 12.6. The number of hydrogen-bond donors (Lipinski definition) is 1. The molecule has 2 amide bonds. The van der Waals surface area contributed by atoms with Crippen molar-refractivity contribution in [3.05, 3.63) is 89.5 Å². The van der Waals surface area contributed by atoms with Crippen LogP contribution in [0.3, 0.4) is 0 Å². The van der Waals surface area contributed by atoms with Crippen LogP contribution in [0.1, 0.15) is 50.3 Å². The van der Waals surface area contributed by atoms with Crippen LogP contribution >= 0.6 is 0 Å². The second-order valence-electron chi connectivity index (χ2n) is 9.71. The van der Waals surface area contributed by atoms with E-state index in [9.17, 15) is 4.79 Å². The summed E-state index contributed by atoms with van der Waals surface area (Å²) in [7, 11) is 1.65. The van der Waals surface area contributed by atoms with Gasteiger partial charge in [0.05, 0.1) is 7.11 Å². The molecule has 0 saturated heterocycles. The number of carbonyl (C=O) groups excluding carboxylic acids is 1. The highest BCUT2D eigenvalue weighted by molar-refractivity contribution is 5.89. The van der Waals surface area contributed by atoms with Crippen LogP contribution in [0.2, 0.25) is 0 Å². The molecular weight excluding hydrogens is 474 g/mol. The molecule has 0 aliphatic rings. The molecule has 0 saturated carbocycles. The molecule has 3 aromatic rings. The van der Waals surface area contributed by atoms with E-state index < -0.39 is 0 Å². The maximum atomic E-state index is 13.5. The van der Waals surface area contributed by atoms with Crippen molar-refractivity contribution in [1.29, 1.82) is 0 Å². The lowest BCUT2D eigenvalue weighted by Crippen LogP contribution is -2.41. The lowest BCUT2D eigenvalue weighted by atomic mass is 10.1. The predicted molar refractivity (Wildman–Crippen MR) is 156 cm³/mol. The van der Waals surface area contributed by atoms with Crippen LogP contribution in [0.25, 0.3) is 0 Å². The Balaban J connectivity index is 1.74. The minimum Gasteiger partial charge on any atom is -0.493 e. The number of benzene rings is 3. The van der Waals surface area contributed by atoms with Crippen molar-refractivity contribution >= 4 is 11.7 Å². The molecule has 0 bridgehead atoms. The van der Waals surface area contributed by atoms with Crippen molar-refractivity contribution in [3.8, 4) is 11.5 Å². The topological polar surface area (TPSA) is 54.0 Å². The van der Waals surface area contributed by atoms with Crippen LogP contribution in [0, 0.1) is 6.92 Å². The highest BCUT2D eigenvalue weighted by Crippen LogP contribution is 2.30. The van der Waals surface area contributed by atoms with Gasteiger partial charge in [0.1, 0.15) is 6.61 Å². The molecule has 204 valence electrons. The van der Waals surface area contributed by atoms with Crippen LogP contribution in [0.15, 0.2) is 72.8 Å². The summed E-state index contributed by atoms with van der Waals surface area (Å²) < 4.78 is 11.7. The molecular formula is C32H43N3O3. The Morgan fingerprint density at radius 1 is 0.921 bits per heavy atom. The van der Waals surface area contributed by atoms with Crippen LogP contribution in [-0.4, -0.2) is 48.6 Å². The van der Waals surface area contributed by atoms with E-state index in [1.54, 1.807) is 7.11 Å². The van der Waals surface area contributed by atoms with E-state index in [2.05, 4.69) is 31.0 Å². The van der Waals surface area contributed by atoms with Crippen molar-refractivity contribution in [2.75, 3.05) is 32.1 Å².